The number of hydrogen-bond acceptors (Lipinski definition) is 5. The zero-order chi connectivity index (χ0) is 19.8. The molecule has 4 aliphatic heterocycles. The molecular weight excluding hydrogens is 365 g/mol. The first-order valence-electron chi connectivity index (χ1n) is 9.61. The normalized spacial score (nSPS) is 49.9. The standard InChI is InChI=1S/C19H27F3O5/c1-10(2)23-18(19(20,21)22)12(4)14-7-6-11(3)13-8-9-16(5)24-15(25-18)17(13,14)27-26-16/h10-11,13-15H,4,6-9H2,1-3,5H3/t11-,13+,14+,15+,16-,17-,18-/m1/s1. The van der Waals surface area contributed by atoms with E-state index in [0.717, 1.165) is 12.8 Å². The summed E-state index contributed by atoms with van der Waals surface area (Å²) in [5.41, 5.74) is -1.30. The molecule has 0 radical (unpaired) electrons. The van der Waals surface area contributed by atoms with Gasteiger partial charge in [0, 0.05) is 12.3 Å². The van der Waals surface area contributed by atoms with Crippen molar-refractivity contribution in [3.63, 3.8) is 0 Å². The summed E-state index contributed by atoms with van der Waals surface area (Å²) in [5, 5.41) is 0. The average Bonchev–Trinajstić information content (AvgIpc) is 2.77. The third-order valence-corrected chi connectivity index (χ3v) is 6.61. The van der Waals surface area contributed by atoms with E-state index in [4.69, 9.17) is 24.0 Å². The van der Waals surface area contributed by atoms with Gasteiger partial charge in [0.05, 0.1) is 6.10 Å². The molecule has 1 saturated carbocycles. The number of fused-ring (bicyclic) bond motifs is 2. The SMILES string of the molecule is C=C1[C@@H]2CC[C@@H](C)[C@@H]3CC[C@@]4(C)OO[C@@]23[C@@H](O4)O[C@@]1(OC(C)C)C(F)(F)F. The van der Waals surface area contributed by atoms with Gasteiger partial charge in [0.15, 0.2) is 11.9 Å². The van der Waals surface area contributed by atoms with Gasteiger partial charge in [-0.05, 0) is 57.4 Å². The molecule has 27 heavy (non-hydrogen) atoms. The number of hydrogen-bond donors (Lipinski definition) is 0. The van der Waals surface area contributed by atoms with E-state index in [-0.39, 0.29) is 17.4 Å². The van der Waals surface area contributed by atoms with Crippen LogP contribution >= 0.6 is 0 Å². The van der Waals surface area contributed by atoms with Gasteiger partial charge in [0.1, 0.15) is 0 Å². The summed E-state index contributed by atoms with van der Waals surface area (Å²) in [6, 6.07) is 0. The molecule has 0 amide bonds. The van der Waals surface area contributed by atoms with Crippen molar-refractivity contribution in [1.82, 2.24) is 0 Å². The Kier molecular flexibility index (Phi) is 4.31. The third kappa shape index (κ3) is 2.56. The van der Waals surface area contributed by atoms with Crippen LogP contribution in [0.15, 0.2) is 12.2 Å². The molecule has 4 heterocycles. The second kappa shape index (κ2) is 5.92. The molecule has 5 nitrogen and oxygen atoms in total. The van der Waals surface area contributed by atoms with E-state index in [1.165, 1.54) is 0 Å². The van der Waals surface area contributed by atoms with Crippen LogP contribution in [0.2, 0.25) is 0 Å². The summed E-state index contributed by atoms with van der Waals surface area (Å²) in [5.74, 6) is -4.51. The van der Waals surface area contributed by atoms with Gasteiger partial charge in [-0.25, -0.2) is 9.78 Å². The van der Waals surface area contributed by atoms with E-state index in [2.05, 4.69) is 13.5 Å². The summed E-state index contributed by atoms with van der Waals surface area (Å²) in [6.07, 6.45) is -4.25. The topological polar surface area (TPSA) is 46.2 Å². The lowest BCUT2D eigenvalue weighted by Crippen LogP contribution is -2.74. The Labute approximate surface area is 157 Å². The lowest BCUT2D eigenvalue weighted by molar-refractivity contribution is -0.583. The Morgan fingerprint density at radius 1 is 1.15 bits per heavy atom. The summed E-state index contributed by atoms with van der Waals surface area (Å²) < 4.78 is 59.8. The molecule has 7 atom stereocenters. The molecule has 4 saturated heterocycles. The largest absolute Gasteiger partial charge is 0.447 e. The lowest BCUT2D eigenvalue weighted by atomic mass is 9.58. The molecule has 1 spiro atoms. The van der Waals surface area contributed by atoms with Crippen LogP contribution in [0.5, 0.6) is 0 Å². The fraction of sp³-hybridized carbons (Fsp3) is 0.895. The van der Waals surface area contributed by atoms with Crippen molar-refractivity contribution in [2.75, 3.05) is 0 Å². The van der Waals surface area contributed by atoms with Crippen LogP contribution in [0.3, 0.4) is 0 Å². The lowest BCUT2D eigenvalue weighted by Gasteiger charge is -2.61. The van der Waals surface area contributed by atoms with E-state index in [1.54, 1.807) is 20.8 Å². The highest BCUT2D eigenvalue weighted by Crippen LogP contribution is 2.64. The van der Waals surface area contributed by atoms with E-state index < -0.39 is 41.7 Å². The first-order chi connectivity index (χ1) is 12.5. The van der Waals surface area contributed by atoms with Gasteiger partial charge in [-0.2, -0.15) is 13.2 Å². The molecule has 0 aromatic carbocycles. The second-order valence-corrected chi connectivity index (χ2v) is 8.78. The maximum atomic E-state index is 14.3. The monoisotopic (exact) mass is 392 g/mol. The van der Waals surface area contributed by atoms with Crippen molar-refractivity contribution in [2.24, 2.45) is 17.8 Å². The van der Waals surface area contributed by atoms with Gasteiger partial charge in [0.2, 0.25) is 5.79 Å². The molecule has 5 aliphatic rings. The Morgan fingerprint density at radius 3 is 2.48 bits per heavy atom. The van der Waals surface area contributed by atoms with Crippen LogP contribution in [-0.4, -0.2) is 35.7 Å². The predicted molar refractivity (Wildman–Crippen MR) is 88.0 cm³/mol. The van der Waals surface area contributed by atoms with E-state index >= 15 is 0 Å². The molecule has 0 unspecified atom stereocenters. The minimum absolute atomic E-state index is 0.0485. The number of ether oxygens (including phenoxy) is 3. The summed E-state index contributed by atoms with van der Waals surface area (Å²) in [4.78, 5) is 11.4. The molecular formula is C19H27F3O5. The van der Waals surface area contributed by atoms with Gasteiger partial charge >= 0.3 is 6.18 Å². The van der Waals surface area contributed by atoms with Crippen molar-refractivity contribution in [2.45, 2.75) is 89.1 Å². The average molecular weight is 392 g/mol. The van der Waals surface area contributed by atoms with E-state index in [9.17, 15) is 13.2 Å². The molecule has 154 valence electrons. The molecule has 0 aromatic heterocycles. The molecule has 5 rings (SSSR count). The van der Waals surface area contributed by atoms with Gasteiger partial charge in [-0.3, -0.25) is 0 Å². The molecule has 0 aromatic rings. The maximum Gasteiger partial charge on any atom is 0.447 e. The van der Waals surface area contributed by atoms with E-state index in [0.29, 0.717) is 12.8 Å². The summed E-state index contributed by atoms with van der Waals surface area (Å²) in [7, 11) is 0. The molecule has 1 aliphatic carbocycles. The van der Waals surface area contributed by atoms with Crippen molar-refractivity contribution in [1.29, 1.82) is 0 Å². The Morgan fingerprint density at radius 2 is 1.85 bits per heavy atom. The first-order valence-corrected chi connectivity index (χ1v) is 9.61. The van der Waals surface area contributed by atoms with Crippen molar-refractivity contribution < 1.29 is 37.2 Å². The zero-order valence-electron chi connectivity index (χ0n) is 16.1. The highest BCUT2D eigenvalue weighted by Gasteiger charge is 2.76. The van der Waals surface area contributed by atoms with Crippen LogP contribution in [0.25, 0.3) is 0 Å². The maximum absolute atomic E-state index is 14.3. The highest BCUT2D eigenvalue weighted by molar-refractivity contribution is 5.28. The summed E-state index contributed by atoms with van der Waals surface area (Å²) in [6.45, 7) is 10.7. The van der Waals surface area contributed by atoms with Gasteiger partial charge < -0.3 is 14.2 Å². The molecule has 5 fully saturated rings. The fourth-order valence-corrected chi connectivity index (χ4v) is 5.35. The number of halogens is 3. The third-order valence-electron chi connectivity index (χ3n) is 6.61. The molecule has 2 bridgehead atoms. The van der Waals surface area contributed by atoms with Crippen LogP contribution in [-0.2, 0) is 24.0 Å². The second-order valence-electron chi connectivity index (χ2n) is 8.78. The Balaban J connectivity index is 1.86. The van der Waals surface area contributed by atoms with Crippen molar-refractivity contribution in [3.8, 4) is 0 Å². The fourth-order valence-electron chi connectivity index (χ4n) is 5.35. The molecule has 0 N–H and O–H groups in total. The minimum Gasteiger partial charge on any atom is -0.336 e. The minimum atomic E-state index is -4.80. The Bertz CT molecular complexity index is 637. The number of alkyl halides is 3. The smallest absolute Gasteiger partial charge is 0.336 e. The van der Waals surface area contributed by atoms with Crippen LogP contribution in [0.4, 0.5) is 13.2 Å². The zero-order valence-corrected chi connectivity index (χ0v) is 16.1. The number of rotatable bonds is 2. The van der Waals surface area contributed by atoms with Crippen molar-refractivity contribution >= 4 is 0 Å². The Hall–Kier alpha value is -0.670. The highest BCUT2D eigenvalue weighted by atomic mass is 19.4. The van der Waals surface area contributed by atoms with E-state index in [1.807, 2.05) is 0 Å². The van der Waals surface area contributed by atoms with Gasteiger partial charge in [-0.15, -0.1) is 0 Å². The summed E-state index contributed by atoms with van der Waals surface area (Å²) >= 11 is 0. The predicted octanol–water partition coefficient (Wildman–Crippen LogP) is 4.47. The molecule has 8 heteroatoms. The quantitative estimate of drug-likeness (QED) is 0.513. The van der Waals surface area contributed by atoms with Gasteiger partial charge in [-0.1, -0.05) is 13.5 Å². The van der Waals surface area contributed by atoms with Crippen molar-refractivity contribution in [3.05, 3.63) is 12.2 Å². The van der Waals surface area contributed by atoms with Crippen LogP contribution < -0.4 is 0 Å². The van der Waals surface area contributed by atoms with Crippen LogP contribution in [0.1, 0.15) is 53.4 Å². The first kappa shape index (κ1) is 19.6. The van der Waals surface area contributed by atoms with Crippen LogP contribution in [0, 0.1) is 17.8 Å². The van der Waals surface area contributed by atoms with Gasteiger partial charge in [0.25, 0.3) is 5.79 Å².